The van der Waals surface area contributed by atoms with Crippen LogP contribution in [0, 0.1) is 6.92 Å². The molecule has 0 fully saturated rings. The number of hydrogen-bond acceptors (Lipinski definition) is 5. The average molecular weight is 334 g/mol. The van der Waals surface area contributed by atoms with E-state index in [1.54, 1.807) is 24.5 Å². The summed E-state index contributed by atoms with van der Waals surface area (Å²) in [4.78, 5) is 4.44. The van der Waals surface area contributed by atoms with E-state index in [-0.39, 0.29) is 0 Å². The minimum absolute atomic E-state index is 0.452. The van der Waals surface area contributed by atoms with Crippen molar-refractivity contribution in [2.24, 2.45) is 0 Å². The predicted octanol–water partition coefficient (Wildman–Crippen LogP) is 1.74. The molecule has 0 saturated heterocycles. The molecule has 0 aliphatic heterocycles. The molecule has 1 aromatic rings. The van der Waals surface area contributed by atoms with Gasteiger partial charge in [0.2, 0.25) is 10.0 Å². The van der Waals surface area contributed by atoms with Gasteiger partial charge in [0.05, 0.1) is 4.90 Å². The molecule has 1 aromatic heterocycles. The second-order valence-corrected chi connectivity index (χ2v) is 8.75. The van der Waals surface area contributed by atoms with Crippen molar-refractivity contribution in [3.63, 3.8) is 0 Å². The summed E-state index contributed by atoms with van der Waals surface area (Å²) in [6, 6.07) is 1.81. The highest BCUT2D eigenvalue weighted by atomic mass is 32.2. The zero-order valence-electron chi connectivity index (χ0n) is 13.6. The maximum atomic E-state index is 12.6. The van der Waals surface area contributed by atoms with Crippen LogP contribution >= 0.6 is 11.3 Å². The van der Waals surface area contributed by atoms with Crippen LogP contribution in [-0.2, 0) is 16.6 Å². The molecule has 0 radical (unpaired) electrons. The average Bonchev–Trinajstić information content (AvgIpc) is 2.77. The highest BCUT2D eigenvalue weighted by Crippen LogP contribution is 2.27. The van der Waals surface area contributed by atoms with Gasteiger partial charge in [0.1, 0.15) is 0 Å². The lowest BCUT2D eigenvalue weighted by molar-refractivity contribution is 0.370. The Labute approximate surface area is 133 Å². The highest BCUT2D eigenvalue weighted by molar-refractivity contribution is 7.89. The van der Waals surface area contributed by atoms with Crippen LogP contribution in [0.15, 0.2) is 11.0 Å². The minimum atomic E-state index is -3.37. The smallest absolute Gasteiger partial charge is 0.243 e. The standard InChI is InChI=1S/C14H27N3O2S2/c1-6-15-11-13-10-14(12(2)20-13)21(18,19)17(5)9-7-8-16(3)4/h10,15H,6-9,11H2,1-5H3. The third-order valence-electron chi connectivity index (χ3n) is 3.24. The van der Waals surface area contributed by atoms with Gasteiger partial charge >= 0.3 is 0 Å². The van der Waals surface area contributed by atoms with Gasteiger partial charge in [-0.2, -0.15) is 0 Å². The van der Waals surface area contributed by atoms with Crippen molar-refractivity contribution in [1.29, 1.82) is 0 Å². The molecule has 0 amide bonds. The van der Waals surface area contributed by atoms with Crippen molar-refractivity contribution in [3.8, 4) is 0 Å². The van der Waals surface area contributed by atoms with Gasteiger partial charge in [-0.1, -0.05) is 6.92 Å². The first kappa shape index (κ1) is 18.6. The molecular weight excluding hydrogens is 306 g/mol. The second kappa shape index (κ2) is 8.24. The molecule has 1 rings (SSSR count). The van der Waals surface area contributed by atoms with Crippen LogP contribution in [0.1, 0.15) is 23.1 Å². The van der Waals surface area contributed by atoms with Gasteiger partial charge in [-0.3, -0.25) is 0 Å². The molecule has 0 atom stereocenters. The van der Waals surface area contributed by atoms with Crippen LogP contribution in [0.5, 0.6) is 0 Å². The number of aryl methyl sites for hydroxylation is 1. The van der Waals surface area contributed by atoms with Crippen LogP contribution in [0.2, 0.25) is 0 Å². The highest BCUT2D eigenvalue weighted by Gasteiger charge is 2.24. The van der Waals surface area contributed by atoms with Crippen molar-refractivity contribution < 1.29 is 8.42 Å². The molecule has 1 N–H and O–H groups in total. The lowest BCUT2D eigenvalue weighted by Gasteiger charge is -2.18. The monoisotopic (exact) mass is 333 g/mol. The molecule has 0 saturated carbocycles. The molecule has 0 aliphatic carbocycles. The summed E-state index contributed by atoms with van der Waals surface area (Å²) >= 11 is 1.55. The largest absolute Gasteiger partial charge is 0.312 e. The lowest BCUT2D eigenvalue weighted by atomic mass is 10.4. The molecule has 0 aliphatic rings. The molecule has 5 nitrogen and oxygen atoms in total. The molecule has 0 bridgehead atoms. The number of nitrogens with one attached hydrogen (secondary N) is 1. The van der Waals surface area contributed by atoms with Crippen LogP contribution < -0.4 is 5.32 Å². The van der Waals surface area contributed by atoms with Gasteiger partial charge in [-0.25, -0.2) is 12.7 Å². The molecule has 1 heterocycles. The summed E-state index contributed by atoms with van der Waals surface area (Å²) in [6.45, 7) is 6.94. The number of sulfonamides is 1. The van der Waals surface area contributed by atoms with E-state index >= 15 is 0 Å². The Balaban J connectivity index is 2.79. The summed E-state index contributed by atoms with van der Waals surface area (Å²) in [5, 5.41) is 3.23. The van der Waals surface area contributed by atoms with Crippen molar-refractivity contribution in [2.45, 2.75) is 31.7 Å². The Bertz CT molecular complexity index is 538. The molecule has 21 heavy (non-hydrogen) atoms. The second-order valence-electron chi connectivity index (χ2n) is 5.40. The number of nitrogens with zero attached hydrogens (tertiary/aromatic N) is 2. The molecule has 0 aromatic carbocycles. The van der Waals surface area contributed by atoms with E-state index in [2.05, 4.69) is 10.2 Å². The molecule has 7 heteroatoms. The van der Waals surface area contributed by atoms with Gasteiger partial charge < -0.3 is 10.2 Å². The number of rotatable bonds is 9. The SMILES string of the molecule is CCNCc1cc(S(=O)(=O)N(C)CCCN(C)C)c(C)s1. The molecular formula is C14H27N3O2S2. The maximum absolute atomic E-state index is 12.6. The van der Waals surface area contributed by atoms with E-state index in [0.717, 1.165) is 35.8 Å². The van der Waals surface area contributed by atoms with Crippen molar-refractivity contribution in [3.05, 3.63) is 15.8 Å². The Morgan fingerprint density at radius 1 is 1.24 bits per heavy atom. The normalized spacial score (nSPS) is 12.5. The fourth-order valence-electron chi connectivity index (χ4n) is 2.01. The van der Waals surface area contributed by atoms with E-state index in [1.165, 1.54) is 4.31 Å². The summed E-state index contributed by atoms with van der Waals surface area (Å²) in [7, 11) is 2.27. The van der Waals surface area contributed by atoms with Gasteiger partial charge in [0, 0.05) is 29.9 Å². The van der Waals surface area contributed by atoms with Gasteiger partial charge in [-0.05, 0) is 46.6 Å². The fourth-order valence-corrected chi connectivity index (χ4v) is 4.79. The van der Waals surface area contributed by atoms with Crippen molar-refractivity contribution in [1.82, 2.24) is 14.5 Å². The molecule has 0 spiro atoms. The first-order chi connectivity index (χ1) is 9.78. The van der Waals surface area contributed by atoms with E-state index < -0.39 is 10.0 Å². The van der Waals surface area contributed by atoms with Crippen LogP contribution in [0.25, 0.3) is 0 Å². The zero-order valence-corrected chi connectivity index (χ0v) is 15.3. The fraction of sp³-hybridized carbons (Fsp3) is 0.714. The lowest BCUT2D eigenvalue weighted by Crippen LogP contribution is -2.30. The Kier molecular flexibility index (Phi) is 7.29. The minimum Gasteiger partial charge on any atom is -0.312 e. The summed E-state index contributed by atoms with van der Waals surface area (Å²) in [5.41, 5.74) is 0. The summed E-state index contributed by atoms with van der Waals surface area (Å²) in [6.07, 6.45) is 0.830. The Morgan fingerprint density at radius 2 is 1.90 bits per heavy atom. The Hall–Kier alpha value is -0.470. The summed E-state index contributed by atoms with van der Waals surface area (Å²) in [5.74, 6) is 0. The first-order valence-electron chi connectivity index (χ1n) is 7.20. The predicted molar refractivity (Wildman–Crippen MR) is 89.4 cm³/mol. The summed E-state index contributed by atoms with van der Waals surface area (Å²) < 4.78 is 26.7. The third kappa shape index (κ3) is 5.34. The maximum Gasteiger partial charge on any atom is 0.243 e. The van der Waals surface area contributed by atoms with Crippen molar-refractivity contribution >= 4 is 21.4 Å². The van der Waals surface area contributed by atoms with Crippen molar-refractivity contribution in [2.75, 3.05) is 40.8 Å². The third-order valence-corrected chi connectivity index (χ3v) is 6.40. The topological polar surface area (TPSA) is 52.7 Å². The van der Waals surface area contributed by atoms with E-state index in [1.807, 2.05) is 27.9 Å². The van der Waals surface area contributed by atoms with E-state index in [9.17, 15) is 8.42 Å². The Morgan fingerprint density at radius 3 is 2.48 bits per heavy atom. The first-order valence-corrected chi connectivity index (χ1v) is 9.45. The van der Waals surface area contributed by atoms with E-state index in [4.69, 9.17) is 0 Å². The van der Waals surface area contributed by atoms with Crippen LogP contribution in [0.4, 0.5) is 0 Å². The van der Waals surface area contributed by atoms with Crippen LogP contribution in [-0.4, -0.2) is 58.4 Å². The quantitative estimate of drug-likeness (QED) is 0.748. The van der Waals surface area contributed by atoms with Gasteiger partial charge in [0.15, 0.2) is 0 Å². The molecule has 122 valence electrons. The number of hydrogen-bond donors (Lipinski definition) is 1. The van der Waals surface area contributed by atoms with Gasteiger partial charge in [0.25, 0.3) is 0 Å². The number of thiophene rings is 1. The van der Waals surface area contributed by atoms with Gasteiger partial charge in [-0.15, -0.1) is 11.3 Å². The van der Waals surface area contributed by atoms with E-state index in [0.29, 0.717) is 11.4 Å². The molecule has 0 unspecified atom stereocenters. The van der Waals surface area contributed by atoms with Crippen LogP contribution in [0.3, 0.4) is 0 Å². The zero-order chi connectivity index (χ0) is 16.0.